The molecular formula is C13H17F2NO2. The van der Waals surface area contributed by atoms with Gasteiger partial charge in [0, 0.05) is 6.07 Å². The van der Waals surface area contributed by atoms with Crippen LogP contribution in [0.5, 0.6) is 0 Å². The number of hydrogen-bond acceptors (Lipinski definition) is 3. The molecule has 2 unspecified atom stereocenters. The second-order valence-electron chi connectivity index (χ2n) is 4.22. The zero-order valence-electron chi connectivity index (χ0n) is 10.3. The Balaban J connectivity index is 2.22. The molecule has 1 aliphatic heterocycles. The summed E-state index contributed by atoms with van der Waals surface area (Å²) < 4.78 is 37.4. The molecule has 0 saturated carbocycles. The Hall–Kier alpha value is -1.04. The molecule has 1 aliphatic rings. The molecule has 5 heteroatoms. The fourth-order valence-electron chi connectivity index (χ4n) is 2.14. The number of ether oxygens (including phenoxy) is 2. The lowest BCUT2D eigenvalue weighted by atomic mass is 10.0. The molecule has 2 atom stereocenters. The third-order valence-electron chi connectivity index (χ3n) is 2.88. The third-order valence-corrected chi connectivity index (χ3v) is 2.88. The lowest BCUT2D eigenvalue weighted by Gasteiger charge is -2.31. The maximum Gasteiger partial charge on any atom is 0.126 e. The Morgan fingerprint density at radius 3 is 2.56 bits per heavy atom. The van der Waals surface area contributed by atoms with Gasteiger partial charge in [0.15, 0.2) is 0 Å². The quantitative estimate of drug-likeness (QED) is 0.895. The van der Waals surface area contributed by atoms with E-state index >= 15 is 0 Å². The Morgan fingerprint density at radius 2 is 2.00 bits per heavy atom. The van der Waals surface area contributed by atoms with E-state index in [1.54, 1.807) is 0 Å². The van der Waals surface area contributed by atoms with Gasteiger partial charge in [-0.3, -0.25) is 0 Å². The normalized spacial score (nSPS) is 21.8. The number of hydrogen-bond donors (Lipinski definition) is 1. The number of halogens is 2. The smallest absolute Gasteiger partial charge is 0.126 e. The molecule has 3 nitrogen and oxygen atoms in total. The first-order valence-electron chi connectivity index (χ1n) is 6.09. The van der Waals surface area contributed by atoms with Crippen LogP contribution in [0.2, 0.25) is 0 Å². The molecule has 0 bridgehead atoms. The van der Waals surface area contributed by atoms with Crippen molar-refractivity contribution in [2.75, 3.05) is 26.4 Å². The lowest BCUT2D eigenvalue weighted by molar-refractivity contribution is -0.102. The van der Waals surface area contributed by atoms with Crippen molar-refractivity contribution in [1.29, 1.82) is 0 Å². The van der Waals surface area contributed by atoms with Crippen molar-refractivity contribution in [2.45, 2.75) is 19.1 Å². The highest BCUT2D eigenvalue weighted by molar-refractivity contribution is 5.22. The molecule has 2 rings (SSSR count). The fourth-order valence-corrected chi connectivity index (χ4v) is 2.14. The van der Waals surface area contributed by atoms with Crippen molar-refractivity contribution >= 4 is 0 Å². The summed E-state index contributed by atoms with van der Waals surface area (Å²) in [4.78, 5) is 0. The van der Waals surface area contributed by atoms with E-state index in [2.05, 4.69) is 5.32 Å². The number of benzene rings is 1. The van der Waals surface area contributed by atoms with E-state index in [0.717, 1.165) is 6.07 Å². The average Bonchev–Trinajstić information content (AvgIpc) is 2.36. The van der Waals surface area contributed by atoms with Crippen LogP contribution in [0, 0.1) is 11.6 Å². The average molecular weight is 257 g/mol. The van der Waals surface area contributed by atoms with Crippen molar-refractivity contribution in [2.24, 2.45) is 0 Å². The van der Waals surface area contributed by atoms with Crippen LogP contribution in [0.4, 0.5) is 8.78 Å². The van der Waals surface area contributed by atoms with Crippen LogP contribution in [0.15, 0.2) is 18.2 Å². The number of nitrogens with one attached hydrogen (secondary N) is 1. The van der Waals surface area contributed by atoms with Gasteiger partial charge >= 0.3 is 0 Å². The summed E-state index contributed by atoms with van der Waals surface area (Å²) in [5.74, 6) is -1.16. The molecule has 1 heterocycles. The molecule has 0 spiro atoms. The van der Waals surface area contributed by atoms with Crippen molar-refractivity contribution in [1.82, 2.24) is 5.32 Å². The summed E-state index contributed by atoms with van der Waals surface area (Å²) in [6.07, 6.45) is -0.222. The Labute approximate surface area is 105 Å². The Morgan fingerprint density at radius 1 is 1.28 bits per heavy atom. The zero-order chi connectivity index (χ0) is 13.0. The molecular weight excluding hydrogens is 240 g/mol. The number of rotatable bonds is 4. The number of likely N-dealkylation sites (N-methyl/N-ethyl adjacent to an activating group) is 1. The van der Waals surface area contributed by atoms with Crippen LogP contribution < -0.4 is 5.32 Å². The molecule has 0 radical (unpaired) electrons. The molecule has 1 aromatic carbocycles. The van der Waals surface area contributed by atoms with Gasteiger partial charge in [-0.25, -0.2) is 8.78 Å². The van der Waals surface area contributed by atoms with E-state index in [9.17, 15) is 8.78 Å². The molecule has 18 heavy (non-hydrogen) atoms. The molecule has 100 valence electrons. The minimum atomic E-state index is -0.579. The second kappa shape index (κ2) is 6.22. The van der Waals surface area contributed by atoms with Crippen molar-refractivity contribution in [3.63, 3.8) is 0 Å². The first-order valence-corrected chi connectivity index (χ1v) is 6.09. The molecule has 1 aromatic rings. The Kier molecular flexibility index (Phi) is 4.63. The lowest BCUT2D eigenvalue weighted by Crippen LogP contribution is -2.40. The van der Waals surface area contributed by atoms with Gasteiger partial charge in [-0.15, -0.1) is 0 Å². The first-order chi connectivity index (χ1) is 8.70. The molecule has 1 N–H and O–H groups in total. The van der Waals surface area contributed by atoms with Gasteiger partial charge in [0.25, 0.3) is 0 Å². The van der Waals surface area contributed by atoms with E-state index in [0.29, 0.717) is 31.9 Å². The molecule has 1 fully saturated rings. The highest BCUT2D eigenvalue weighted by Gasteiger charge is 2.26. The summed E-state index contributed by atoms with van der Waals surface area (Å²) in [7, 11) is 0. The standard InChI is InChI=1S/C13H17F2NO2/c1-2-16-13(12-8-17-3-4-18-12)9-5-10(14)7-11(15)6-9/h5-7,12-13,16H,2-4,8H2,1H3. The van der Waals surface area contributed by atoms with Gasteiger partial charge in [-0.05, 0) is 24.2 Å². The largest absolute Gasteiger partial charge is 0.376 e. The van der Waals surface area contributed by atoms with Gasteiger partial charge in [-0.1, -0.05) is 6.92 Å². The van der Waals surface area contributed by atoms with Crippen LogP contribution in [0.3, 0.4) is 0 Å². The van der Waals surface area contributed by atoms with Crippen molar-refractivity contribution in [3.8, 4) is 0 Å². The molecule has 0 amide bonds. The SMILES string of the molecule is CCNC(c1cc(F)cc(F)c1)C1COCCO1. The summed E-state index contributed by atoms with van der Waals surface area (Å²) in [5, 5.41) is 3.18. The maximum absolute atomic E-state index is 13.3. The topological polar surface area (TPSA) is 30.5 Å². The van der Waals surface area contributed by atoms with Gasteiger partial charge in [-0.2, -0.15) is 0 Å². The first kappa shape index (κ1) is 13.4. The van der Waals surface area contributed by atoms with Crippen LogP contribution in [0.1, 0.15) is 18.5 Å². The predicted molar refractivity (Wildman–Crippen MR) is 63.3 cm³/mol. The summed E-state index contributed by atoms with van der Waals surface area (Å²) >= 11 is 0. The van der Waals surface area contributed by atoms with E-state index in [4.69, 9.17) is 9.47 Å². The van der Waals surface area contributed by atoms with Crippen molar-refractivity contribution in [3.05, 3.63) is 35.4 Å². The summed E-state index contributed by atoms with van der Waals surface area (Å²) in [6.45, 7) is 4.11. The fraction of sp³-hybridized carbons (Fsp3) is 0.538. The van der Waals surface area contributed by atoms with E-state index in [1.807, 2.05) is 6.92 Å². The van der Waals surface area contributed by atoms with Crippen LogP contribution in [-0.2, 0) is 9.47 Å². The molecule has 1 saturated heterocycles. The summed E-state index contributed by atoms with van der Waals surface area (Å²) in [6, 6.07) is 3.26. The monoisotopic (exact) mass is 257 g/mol. The van der Waals surface area contributed by atoms with Crippen LogP contribution in [-0.4, -0.2) is 32.5 Å². The predicted octanol–water partition coefficient (Wildman–Crippen LogP) is 2.03. The van der Waals surface area contributed by atoms with Gasteiger partial charge in [0.05, 0.1) is 25.9 Å². The highest BCUT2D eigenvalue weighted by atomic mass is 19.1. The van der Waals surface area contributed by atoms with Crippen molar-refractivity contribution < 1.29 is 18.3 Å². The highest BCUT2D eigenvalue weighted by Crippen LogP contribution is 2.23. The van der Waals surface area contributed by atoms with E-state index in [1.165, 1.54) is 12.1 Å². The van der Waals surface area contributed by atoms with E-state index in [-0.39, 0.29) is 12.1 Å². The minimum absolute atomic E-state index is 0.222. The summed E-state index contributed by atoms with van der Waals surface area (Å²) in [5.41, 5.74) is 0.546. The molecule has 0 aliphatic carbocycles. The van der Waals surface area contributed by atoms with Crippen LogP contribution >= 0.6 is 0 Å². The second-order valence-corrected chi connectivity index (χ2v) is 4.22. The van der Waals surface area contributed by atoms with Crippen LogP contribution in [0.25, 0.3) is 0 Å². The molecule has 0 aromatic heterocycles. The van der Waals surface area contributed by atoms with Gasteiger partial charge < -0.3 is 14.8 Å². The third kappa shape index (κ3) is 3.25. The Bertz CT molecular complexity index is 374. The van der Waals surface area contributed by atoms with E-state index < -0.39 is 11.6 Å². The maximum atomic E-state index is 13.3. The minimum Gasteiger partial charge on any atom is -0.376 e. The van der Waals surface area contributed by atoms with Gasteiger partial charge in [0.2, 0.25) is 0 Å². The zero-order valence-corrected chi connectivity index (χ0v) is 10.3. The van der Waals surface area contributed by atoms with Gasteiger partial charge in [0.1, 0.15) is 17.7 Å².